The smallest absolute Gasteiger partial charge is 0.145 e. The van der Waals surface area contributed by atoms with E-state index in [0.29, 0.717) is 22.9 Å². The molecule has 0 radical (unpaired) electrons. The van der Waals surface area contributed by atoms with Crippen molar-refractivity contribution >= 4 is 5.69 Å². The Morgan fingerprint density at radius 3 is 2.05 bits per heavy atom. The van der Waals surface area contributed by atoms with Crippen LogP contribution in [0.1, 0.15) is 0 Å². The Balaban J connectivity index is 1.83. The van der Waals surface area contributed by atoms with Crippen LogP contribution >= 0.6 is 0 Å². The lowest BCUT2D eigenvalue weighted by atomic mass is 10.3. The number of hydrogen-bond acceptors (Lipinski definition) is 4. The zero-order chi connectivity index (χ0) is 14.5. The number of aromatic nitrogens is 1. The molecule has 3 rings (SSSR count). The predicted molar refractivity (Wildman–Crippen MR) is 81.7 cm³/mol. The van der Waals surface area contributed by atoms with Gasteiger partial charge in [0, 0.05) is 30.1 Å². The van der Waals surface area contributed by atoms with E-state index in [0.717, 1.165) is 5.75 Å². The normalized spacial score (nSPS) is 10.1. The van der Waals surface area contributed by atoms with Gasteiger partial charge in [0.15, 0.2) is 0 Å². The molecule has 0 saturated carbocycles. The molecule has 1 heterocycles. The summed E-state index contributed by atoms with van der Waals surface area (Å²) in [5, 5.41) is 0. The van der Waals surface area contributed by atoms with Gasteiger partial charge in [-0.3, -0.25) is 4.98 Å². The minimum atomic E-state index is 0.572. The molecule has 0 unspecified atom stereocenters. The van der Waals surface area contributed by atoms with Crippen molar-refractivity contribution in [3.8, 4) is 23.0 Å². The molecule has 0 atom stereocenters. The van der Waals surface area contributed by atoms with E-state index in [1.807, 2.05) is 42.5 Å². The third-order valence-electron chi connectivity index (χ3n) is 2.75. The molecule has 2 aromatic carbocycles. The predicted octanol–water partition coefficient (Wildman–Crippen LogP) is 4.25. The highest BCUT2D eigenvalue weighted by Gasteiger charge is 2.04. The molecule has 0 saturated heterocycles. The van der Waals surface area contributed by atoms with Crippen molar-refractivity contribution in [1.29, 1.82) is 0 Å². The molecule has 104 valence electrons. The van der Waals surface area contributed by atoms with E-state index >= 15 is 0 Å². The van der Waals surface area contributed by atoms with E-state index in [1.54, 1.807) is 30.6 Å². The Morgan fingerprint density at radius 1 is 0.714 bits per heavy atom. The van der Waals surface area contributed by atoms with Crippen LogP contribution in [0.5, 0.6) is 23.0 Å². The summed E-state index contributed by atoms with van der Waals surface area (Å²) in [5.74, 6) is 2.62. The maximum Gasteiger partial charge on any atom is 0.145 e. The highest BCUT2D eigenvalue weighted by Crippen LogP contribution is 2.30. The van der Waals surface area contributed by atoms with Crippen molar-refractivity contribution in [2.75, 3.05) is 5.73 Å². The van der Waals surface area contributed by atoms with Crippen molar-refractivity contribution in [3.05, 3.63) is 73.1 Å². The van der Waals surface area contributed by atoms with Crippen LogP contribution in [0.2, 0.25) is 0 Å². The average molecular weight is 278 g/mol. The largest absolute Gasteiger partial charge is 0.457 e. The molecule has 3 aromatic rings. The summed E-state index contributed by atoms with van der Waals surface area (Å²) in [4.78, 5) is 4.01. The number of nitrogens with two attached hydrogens (primary N) is 1. The second-order valence-corrected chi connectivity index (χ2v) is 4.44. The molecule has 0 aliphatic heterocycles. The van der Waals surface area contributed by atoms with Gasteiger partial charge in [-0.15, -0.1) is 0 Å². The van der Waals surface area contributed by atoms with Crippen molar-refractivity contribution in [3.63, 3.8) is 0 Å². The fraction of sp³-hybridized carbons (Fsp3) is 0. The zero-order valence-corrected chi connectivity index (χ0v) is 11.3. The SMILES string of the molecule is Nc1cc(Oc2ccccc2)cc(Oc2cccnc2)c1. The summed E-state index contributed by atoms with van der Waals surface area (Å²) >= 11 is 0. The number of nitrogens with zero attached hydrogens (tertiary/aromatic N) is 1. The Morgan fingerprint density at radius 2 is 1.38 bits per heavy atom. The summed E-state index contributed by atoms with van der Waals surface area (Å²) in [6.45, 7) is 0. The third kappa shape index (κ3) is 3.51. The van der Waals surface area contributed by atoms with Gasteiger partial charge in [-0.05, 0) is 24.3 Å². The highest BCUT2D eigenvalue weighted by atomic mass is 16.5. The molecular formula is C17H14N2O2. The molecule has 0 amide bonds. The number of ether oxygens (including phenoxy) is 2. The number of rotatable bonds is 4. The first-order chi connectivity index (χ1) is 10.3. The monoisotopic (exact) mass is 278 g/mol. The molecule has 1 aromatic heterocycles. The van der Waals surface area contributed by atoms with Crippen molar-refractivity contribution in [2.45, 2.75) is 0 Å². The van der Waals surface area contributed by atoms with Gasteiger partial charge in [-0.25, -0.2) is 0 Å². The molecule has 0 spiro atoms. The number of pyridine rings is 1. The van der Waals surface area contributed by atoms with Gasteiger partial charge >= 0.3 is 0 Å². The molecule has 0 fully saturated rings. The Bertz CT molecular complexity index is 656. The van der Waals surface area contributed by atoms with Crippen molar-refractivity contribution in [2.24, 2.45) is 0 Å². The van der Waals surface area contributed by atoms with Crippen LogP contribution in [-0.2, 0) is 0 Å². The van der Waals surface area contributed by atoms with Gasteiger partial charge in [0.2, 0.25) is 0 Å². The van der Waals surface area contributed by atoms with Gasteiger partial charge in [-0.1, -0.05) is 18.2 Å². The second kappa shape index (κ2) is 5.96. The minimum absolute atomic E-state index is 0.572. The molecule has 0 aliphatic rings. The first-order valence-corrected chi connectivity index (χ1v) is 6.51. The number of hydrogen-bond donors (Lipinski definition) is 1. The van der Waals surface area contributed by atoms with E-state index in [-0.39, 0.29) is 0 Å². The lowest BCUT2D eigenvalue weighted by molar-refractivity contribution is 0.460. The molecule has 4 nitrogen and oxygen atoms in total. The lowest BCUT2D eigenvalue weighted by Gasteiger charge is -2.10. The van der Waals surface area contributed by atoms with E-state index in [4.69, 9.17) is 15.2 Å². The van der Waals surface area contributed by atoms with Crippen LogP contribution < -0.4 is 15.2 Å². The zero-order valence-electron chi connectivity index (χ0n) is 11.3. The number of nitrogen functional groups attached to an aromatic ring is 1. The van der Waals surface area contributed by atoms with Crippen LogP contribution in [-0.4, -0.2) is 4.98 Å². The van der Waals surface area contributed by atoms with Crippen LogP contribution in [0, 0.1) is 0 Å². The van der Waals surface area contributed by atoms with Gasteiger partial charge in [0.25, 0.3) is 0 Å². The lowest BCUT2D eigenvalue weighted by Crippen LogP contribution is -1.91. The van der Waals surface area contributed by atoms with Crippen molar-refractivity contribution in [1.82, 2.24) is 4.98 Å². The Labute approximate surface area is 122 Å². The highest BCUT2D eigenvalue weighted by molar-refractivity contribution is 5.52. The van der Waals surface area contributed by atoms with Crippen molar-refractivity contribution < 1.29 is 9.47 Å². The van der Waals surface area contributed by atoms with Crippen LogP contribution in [0.3, 0.4) is 0 Å². The topological polar surface area (TPSA) is 57.4 Å². The Hall–Kier alpha value is -3.01. The summed E-state index contributed by atoms with van der Waals surface area (Å²) in [5.41, 5.74) is 6.46. The van der Waals surface area contributed by atoms with Crippen LogP contribution in [0.15, 0.2) is 73.1 Å². The second-order valence-electron chi connectivity index (χ2n) is 4.44. The fourth-order valence-electron chi connectivity index (χ4n) is 1.88. The molecular weight excluding hydrogens is 264 g/mol. The molecule has 0 aliphatic carbocycles. The summed E-state index contributed by atoms with van der Waals surface area (Å²) in [6, 6.07) is 18.4. The van der Waals surface area contributed by atoms with Gasteiger partial charge in [-0.2, -0.15) is 0 Å². The van der Waals surface area contributed by atoms with Crippen LogP contribution in [0.25, 0.3) is 0 Å². The summed E-state index contributed by atoms with van der Waals surface area (Å²) < 4.78 is 11.5. The van der Waals surface area contributed by atoms with E-state index in [9.17, 15) is 0 Å². The van der Waals surface area contributed by atoms with Gasteiger partial charge in [0.05, 0.1) is 6.20 Å². The number of benzene rings is 2. The van der Waals surface area contributed by atoms with Gasteiger partial charge in [0.1, 0.15) is 23.0 Å². The molecule has 0 bridgehead atoms. The van der Waals surface area contributed by atoms with E-state index in [2.05, 4.69) is 4.98 Å². The average Bonchev–Trinajstić information content (AvgIpc) is 2.48. The first-order valence-electron chi connectivity index (χ1n) is 6.51. The summed E-state index contributed by atoms with van der Waals surface area (Å²) in [6.07, 6.45) is 3.33. The maximum atomic E-state index is 5.89. The first kappa shape index (κ1) is 13.0. The summed E-state index contributed by atoms with van der Waals surface area (Å²) in [7, 11) is 0. The number of para-hydroxylation sites is 1. The molecule has 4 heteroatoms. The minimum Gasteiger partial charge on any atom is -0.457 e. The van der Waals surface area contributed by atoms with E-state index < -0.39 is 0 Å². The standard InChI is InChI=1S/C17H14N2O2/c18-13-9-16(20-14-5-2-1-3-6-14)11-17(10-13)21-15-7-4-8-19-12-15/h1-12H,18H2. The quantitative estimate of drug-likeness (QED) is 0.725. The van der Waals surface area contributed by atoms with Gasteiger partial charge < -0.3 is 15.2 Å². The molecule has 21 heavy (non-hydrogen) atoms. The molecule has 2 N–H and O–H groups in total. The van der Waals surface area contributed by atoms with Crippen LogP contribution in [0.4, 0.5) is 5.69 Å². The number of anilines is 1. The Kier molecular flexibility index (Phi) is 3.69. The third-order valence-corrected chi connectivity index (χ3v) is 2.75. The van der Waals surface area contributed by atoms with E-state index in [1.165, 1.54) is 0 Å². The maximum absolute atomic E-state index is 5.89. The fourth-order valence-corrected chi connectivity index (χ4v) is 1.88.